The topological polar surface area (TPSA) is 112 Å². The summed E-state index contributed by atoms with van der Waals surface area (Å²) >= 11 is 0. The van der Waals surface area contributed by atoms with Crippen molar-refractivity contribution in [2.75, 3.05) is 0 Å². The Morgan fingerprint density at radius 1 is 1.00 bits per heavy atom. The lowest BCUT2D eigenvalue weighted by Crippen LogP contribution is -1.92. The van der Waals surface area contributed by atoms with E-state index in [9.17, 15) is 14.4 Å². The van der Waals surface area contributed by atoms with Gasteiger partial charge in [0.15, 0.2) is 0 Å². The first-order chi connectivity index (χ1) is 6.27. The van der Waals surface area contributed by atoms with Gasteiger partial charge in [0.25, 0.3) is 0 Å². The minimum atomic E-state index is -1.26. The van der Waals surface area contributed by atoms with Crippen molar-refractivity contribution in [2.24, 2.45) is 0 Å². The molecular formula is C8H10O6. The van der Waals surface area contributed by atoms with E-state index in [0.29, 0.717) is 12.2 Å². The highest BCUT2D eigenvalue weighted by Crippen LogP contribution is 1.81. The summed E-state index contributed by atoms with van der Waals surface area (Å²) in [6.45, 7) is 4.60. The van der Waals surface area contributed by atoms with E-state index >= 15 is 0 Å². The van der Waals surface area contributed by atoms with Crippen LogP contribution in [0.15, 0.2) is 24.3 Å². The third-order valence-electron chi connectivity index (χ3n) is 0.734. The Bertz CT molecular complexity index is 248. The summed E-state index contributed by atoms with van der Waals surface area (Å²) < 4.78 is 0. The molecule has 0 aliphatic heterocycles. The standard InChI is InChI=1S/C4H4O4.C4H6O2/c5-3(6)1-2-4(7)8;1-3(2)4(5)6/h1-2H,(H,5,6)(H,7,8);1H2,2H3,(H,5,6). The molecule has 0 aromatic carbocycles. The van der Waals surface area contributed by atoms with Gasteiger partial charge in [0.2, 0.25) is 0 Å². The molecule has 0 bridgehead atoms. The summed E-state index contributed by atoms with van der Waals surface area (Å²) in [6.07, 6.45) is 1.12. The molecule has 0 rings (SSSR count). The third kappa shape index (κ3) is 16.5. The first kappa shape index (κ1) is 14.4. The normalized spacial score (nSPS) is 8.64. The number of hydrogen-bond donors (Lipinski definition) is 3. The van der Waals surface area contributed by atoms with Gasteiger partial charge in [-0.1, -0.05) is 6.58 Å². The predicted octanol–water partition coefficient (Wildman–Crippen LogP) is 0.359. The van der Waals surface area contributed by atoms with E-state index < -0.39 is 17.9 Å². The first-order valence-corrected chi connectivity index (χ1v) is 3.30. The molecule has 0 aromatic rings. The molecule has 0 aromatic heterocycles. The molecule has 6 nitrogen and oxygen atoms in total. The van der Waals surface area contributed by atoms with E-state index in [1.165, 1.54) is 6.92 Å². The molecule has 0 radical (unpaired) electrons. The first-order valence-electron chi connectivity index (χ1n) is 3.30. The van der Waals surface area contributed by atoms with Crippen molar-refractivity contribution >= 4 is 17.9 Å². The molecule has 0 aliphatic carbocycles. The Balaban J connectivity index is 0. The highest BCUT2D eigenvalue weighted by atomic mass is 16.4. The molecule has 3 N–H and O–H groups in total. The van der Waals surface area contributed by atoms with Crippen LogP contribution in [0.1, 0.15) is 6.92 Å². The Hall–Kier alpha value is -2.11. The Labute approximate surface area is 79.8 Å². The summed E-state index contributed by atoms with van der Waals surface area (Å²) in [5, 5.41) is 23.5. The van der Waals surface area contributed by atoms with Crippen LogP contribution in [0.4, 0.5) is 0 Å². The molecule has 0 saturated carbocycles. The van der Waals surface area contributed by atoms with Crippen molar-refractivity contribution < 1.29 is 29.7 Å². The summed E-state index contributed by atoms with van der Waals surface area (Å²) in [4.78, 5) is 28.7. The van der Waals surface area contributed by atoms with E-state index in [1.807, 2.05) is 0 Å². The van der Waals surface area contributed by atoms with Crippen molar-refractivity contribution in [3.63, 3.8) is 0 Å². The minimum absolute atomic E-state index is 0.176. The van der Waals surface area contributed by atoms with Crippen LogP contribution >= 0.6 is 0 Å². The molecule has 0 atom stereocenters. The fourth-order valence-corrected chi connectivity index (χ4v) is 0.143. The number of carboxylic acid groups (broad SMARTS) is 3. The minimum Gasteiger partial charge on any atom is -0.478 e. The lowest BCUT2D eigenvalue weighted by molar-refractivity contribution is -0.134. The quantitative estimate of drug-likeness (QED) is 0.569. The van der Waals surface area contributed by atoms with Gasteiger partial charge in [0.05, 0.1) is 0 Å². The fourth-order valence-electron chi connectivity index (χ4n) is 0.143. The van der Waals surface area contributed by atoms with Crippen molar-refractivity contribution in [1.29, 1.82) is 0 Å². The van der Waals surface area contributed by atoms with Gasteiger partial charge in [-0.2, -0.15) is 0 Å². The second-order valence-corrected chi connectivity index (χ2v) is 2.10. The maximum Gasteiger partial charge on any atom is 0.330 e. The van der Waals surface area contributed by atoms with Gasteiger partial charge >= 0.3 is 17.9 Å². The van der Waals surface area contributed by atoms with Gasteiger partial charge in [-0.3, -0.25) is 0 Å². The van der Waals surface area contributed by atoms with Crippen LogP contribution in [0.5, 0.6) is 0 Å². The van der Waals surface area contributed by atoms with E-state index in [2.05, 4.69) is 6.58 Å². The van der Waals surface area contributed by atoms with Gasteiger partial charge in [-0.15, -0.1) is 0 Å². The van der Waals surface area contributed by atoms with Crippen LogP contribution < -0.4 is 0 Å². The largest absolute Gasteiger partial charge is 0.478 e. The second kappa shape index (κ2) is 7.53. The number of aliphatic carboxylic acids is 3. The highest BCUT2D eigenvalue weighted by molar-refractivity contribution is 5.89. The molecule has 14 heavy (non-hydrogen) atoms. The van der Waals surface area contributed by atoms with Crippen molar-refractivity contribution in [1.82, 2.24) is 0 Å². The van der Waals surface area contributed by atoms with Gasteiger partial charge in [-0.05, 0) is 6.92 Å². The summed E-state index contributed by atoms with van der Waals surface area (Å²) in [5.41, 5.74) is 0.176. The second-order valence-electron chi connectivity index (χ2n) is 2.10. The maximum atomic E-state index is 9.60. The SMILES string of the molecule is C=C(C)C(=O)O.O=C(O)C=CC(=O)O. The van der Waals surface area contributed by atoms with Crippen LogP contribution in [0.2, 0.25) is 0 Å². The van der Waals surface area contributed by atoms with Crippen LogP contribution in [-0.4, -0.2) is 33.2 Å². The van der Waals surface area contributed by atoms with Gasteiger partial charge in [0, 0.05) is 17.7 Å². The number of rotatable bonds is 3. The van der Waals surface area contributed by atoms with Crippen molar-refractivity contribution in [3.05, 3.63) is 24.3 Å². The Morgan fingerprint density at radius 3 is 1.29 bits per heavy atom. The zero-order chi connectivity index (χ0) is 11.7. The lowest BCUT2D eigenvalue weighted by atomic mass is 10.4. The Kier molecular flexibility index (Phi) is 7.76. The fraction of sp³-hybridized carbons (Fsp3) is 0.125. The summed E-state index contributed by atoms with van der Waals surface area (Å²) in [7, 11) is 0. The molecule has 0 fully saturated rings. The lowest BCUT2D eigenvalue weighted by Gasteiger charge is -1.79. The molecule has 0 unspecified atom stereocenters. The van der Waals surface area contributed by atoms with Gasteiger partial charge < -0.3 is 15.3 Å². The average molecular weight is 202 g/mol. The molecule has 78 valence electrons. The summed E-state index contributed by atoms with van der Waals surface area (Å²) in [6, 6.07) is 0. The monoisotopic (exact) mass is 202 g/mol. The van der Waals surface area contributed by atoms with E-state index in [1.54, 1.807) is 0 Å². The van der Waals surface area contributed by atoms with Crippen molar-refractivity contribution in [3.8, 4) is 0 Å². The van der Waals surface area contributed by atoms with Crippen LogP contribution in [0.3, 0.4) is 0 Å². The molecule has 0 saturated heterocycles. The molecule has 0 spiro atoms. The van der Waals surface area contributed by atoms with E-state index in [4.69, 9.17) is 15.3 Å². The third-order valence-corrected chi connectivity index (χ3v) is 0.734. The molecule has 0 heterocycles. The highest BCUT2D eigenvalue weighted by Gasteiger charge is 1.90. The van der Waals surface area contributed by atoms with E-state index in [-0.39, 0.29) is 5.57 Å². The maximum absolute atomic E-state index is 9.60. The molecule has 0 aliphatic rings. The van der Waals surface area contributed by atoms with Crippen LogP contribution in [0, 0.1) is 0 Å². The van der Waals surface area contributed by atoms with Gasteiger partial charge in [0.1, 0.15) is 0 Å². The smallest absolute Gasteiger partial charge is 0.330 e. The number of carboxylic acids is 3. The average Bonchev–Trinajstić information content (AvgIpc) is 2.01. The summed E-state index contributed by atoms with van der Waals surface area (Å²) in [5.74, 6) is -3.45. The van der Waals surface area contributed by atoms with E-state index in [0.717, 1.165) is 0 Å². The van der Waals surface area contributed by atoms with Crippen LogP contribution in [-0.2, 0) is 14.4 Å². The number of hydrogen-bond acceptors (Lipinski definition) is 3. The van der Waals surface area contributed by atoms with Crippen LogP contribution in [0.25, 0.3) is 0 Å². The molecule has 0 amide bonds. The Morgan fingerprint density at radius 2 is 1.21 bits per heavy atom. The zero-order valence-corrected chi connectivity index (χ0v) is 7.43. The number of carbonyl (C=O) groups is 3. The zero-order valence-electron chi connectivity index (χ0n) is 7.43. The predicted molar refractivity (Wildman–Crippen MR) is 46.9 cm³/mol. The van der Waals surface area contributed by atoms with Gasteiger partial charge in [-0.25, -0.2) is 14.4 Å². The molecule has 6 heteroatoms. The molecular weight excluding hydrogens is 192 g/mol. The van der Waals surface area contributed by atoms with Crippen molar-refractivity contribution in [2.45, 2.75) is 6.92 Å².